The van der Waals surface area contributed by atoms with Gasteiger partial charge in [-0.2, -0.15) is 0 Å². The van der Waals surface area contributed by atoms with E-state index in [1.165, 1.54) is 16.7 Å². The largest absolute Gasteiger partial charge is 0.445 e. The van der Waals surface area contributed by atoms with Crippen molar-refractivity contribution in [1.82, 2.24) is 5.32 Å². The van der Waals surface area contributed by atoms with Crippen LogP contribution < -0.4 is 5.32 Å². The Kier molecular flexibility index (Phi) is 5.19. The molecule has 0 saturated heterocycles. The molecule has 3 nitrogen and oxygen atoms in total. The highest BCUT2D eigenvalue weighted by Gasteiger charge is 2.23. The van der Waals surface area contributed by atoms with Gasteiger partial charge in [-0.15, -0.1) is 0 Å². The van der Waals surface area contributed by atoms with Gasteiger partial charge >= 0.3 is 6.09 Å². The first-order valence-electron chi connectivity index (χ1n) is 8.68. The average molecular weight is 323 g/mol. The third-order valence-corrected chi connectivity index (χ3v) is 4.38. The number of rotatable bonds is 5. The second kappa shape index (κ2) is 7.52. The monoisotopic (exact) mass is 323 g/mol. The molecule has 2 aromatic rings. The van der Waals surface area contributed by atoms with Crippen LogP contribution in [0.15, 0.2) is 48.5 Å². The summed E-state index contributed by atoms with van der Waals surface area (Å²) in [7, 11) is 0. The highest BCUT2D eigenvalue weighted by molar-refractivity contribution is 5.68. The van der Waals surface area contributed by atoms with E-state index < -0.39 is 0 Å². The maximum Gasteiger partial charge on any atom is 0.407 e. The quantitative estimate of drug-likeness (QED) is 0.892. The van der Waals surface area contributed by atoms with Crippen molar-refractivity contribution < 1.29 is 9.53 Å². The topological polar surface area (TPSA) is 38.3 Å². The second-order valence-corrected chi connectivity index (χ2v) is 7.01. The summed E-state index contributed by atoms with van der Waals surface area (Å²) in [5.41, 5.74) is 5.09. The minimum Gasteiger partial charge on any atom is -0.445 e. The number of amides is 1. The van der Waals surface area contributed by atoms with Crippen LogP contribution in [0, 0.1) is 5.92 Å². The first-order chi connectivity index (χ1) is 11.6. The molecule has 1 unspecified atom stereocenters. The van der Waals surface area contributed by atoms with Crippen LogP contribution >= 0.6 is 0 Å². The van der Waals surface area contributed by atoms with Gasteiger partial charge in [0.15, 0.2) is 0 Å². The summed E-state index contributed by atoms with van der Waals surface area (Å²) in [5, 5.41) is 3.00. The smallest absolute Gasteiger partial charge is 0.407 e. The highest BCUT2D eigenvalue weighted by Crippen LogP contribution is 2.24. The van der Waals surface area contributed by atoms with Crippen LogP contribution in [0.25, 0.3) is 0 Å². The van der Waals surface area contributed by atoms with Gasteiger partial charge in [0, 0.05) is 6.04 Å². The zero-order chi connectivity index (χ0) is 16.9. The van der Waals surface area contributed by atoms with Crippen molar-refractivity contribution in [3.05, 3.63) is 70.8 Å². The minimum atomic E-state index is -0.334. The number of fused-ring (bicyclic) bond motifs is 1. The van der Waals surface area contributed by atoms with E-state index in [1.54, 1.807) is 0 Å². The third kappa shape index (κ3) is 4.38. The van der Waals surface area contributed by atoms with E-state index in [9.17, 15) is 4.79 Å². The van der Waals surface area contributed by atoms with Crippen molar-refractivity contribution >= 4 is 6.09 Å². The highest BCUT2D eigenvalue weighted by atomic mass is 16.5. The zero-order valence-electron chi connectivity index (χ0n) is 14.4. The Morgan fingerprint density at radius 3 is 2.58 bits per heavy atom. The minimum absolute atomic E-state index is 0.137. The molecule has 0 fully saturated rings. The van der Waals surface area contributed by atoms with Crippen molar-refractivity contribution in [2.24, 2.45) is 5.92 Å². The van der Waals surface area contributed by atoms with Crippen molar-refractivity contribution in [1.29, 1.82) is 0 Å². The molecule has 0 spiro atoms. The predicted molar refractivity (Wildman–Crippen MR) is 95.9 cm³/mol. The van der Waals surface area contributed by atoms with Gasteiger partial charge in [-0.1, -0.05) is 62.4 Å². The lowest BCUT2D eigenvalue weighted by atomic mass is 9.99. The maximum absolute atomic E-state index is 12.0. The van der Waals surface area contributed by atoms with E-state index in [1.807, 2.05) is 30.3 Å². The van der Waals surface area contributed by atoms with Gasteiger partial charge < -0.3 is 10.1 Å². The predicted octanol–water partition coefficient (Wildman–Crippen LogP) is 4.28. The summed E-state index contributed by atoms with van der Waals surface area (Å²) < 4.78 is 5.32. The van der Waals surface area contributed by atoms with E-state index >= 15 is 0 Å². The molecule has 1 atom stereocenters. The number of carbonyl (C=O) groups is 1. The number of ether oxygens (including phenoxy) is 1. The van der Waals surface area contributed by atoms with Crippen LogP contribution in [0.1, 0.15) is 36.1 Å². The first-order valence-corrected chi connectivity index (χ1v) is 8.68. The van der Waals surface area contributed by atoms with Gasteiger partial charge in [0.25, 0.3) is 0 Å². The van der Waals surface area contributed by atoms with Crippen molar-refractivity contribution in [3.8, 4) is 0 Å². The summed E-state index contributed by atoms with van der Waals surface area (Å²) in [6.45, 7) is 4.78. The molecule has 1 aliphatic carbocycles. The summed E-state index contributed by atoms with van der Waals surface area (Å²) in [4.78, 5) is 12.0. The Hall–Kier alpha value is -2.29. The Morgan fingerprint density at radius 2 is 1.83 bits per heavy atom. The van der Waals surface area contributed by atoms with Crippen molar-refractivity contribution in [2.75, 3.05) is 0 Å². The van der Waals surface area contributed by atoms with Crippen LogP contribution in [-0.2, 0) is 30.6 Å². The van der Waals surface area contributed by atoms with E-state index in [4.69, 9.17) is 4.74 Å². The lowest BCUT2D eigenvalue weighted by Crippen LogP contribution is -2.35. The standard InChI is InChI=1S/C21H25NO2/c1-15(2)10-17-8-9-18-12-20(13-19(18)11-17)22-21(23)24-14-16-6-4-3-5-7-16/h3-9,11,15,20H,10,12-14H2,1-2H3,(H,22,23). The molecule has 2 aromatic carbocycles. The molecular formula is C21H25NO2. The molecule has 24 heavy (non-hydrogen) atoms. The number of nitrogens with one attached hydrogen (secondary N) is 1. The molecule has 126 valence electrons. The fourth-order valence-corrected chi connectivity index (χ4v) is 3.30. The molecule has 3 rings (SSSR count). The molecule has 1 amide bonds. The number of benzene rings is 2. The number of hydrogen-bond acceptors (Lipinski definition) is 2. The van der Waals surface area contributed by atoms with Crippen molar-refractivity contribution in [2.45, 2.75) is 45.8 Å². The number of alkyl carbamates (subject to hydrolysis) is 1. The van der Waals surface area contributed by atoms with Crippen LogP contribution in [0.2, 0.25) is 0 Å². The molecule has 0 radical (unpaired) electrons. The van der Waals surface area contributed by atoms with Gasteiger partial charge in [0.05, 0.1) is 0 Å². The fourth-order valence-electron chi connectivity index (χ4n) is 3.30. The second-order valence-electron chi connectivity index (χ2n) is 7.01. The van der Waals surface area contributed by atoms with Gasteiger partial charge in [-0.25, -0.2) is 4.79 Å². The van der Waals surface area contributed by atoms with Gasteiger partial charge in [0.1, 0.15) is 6.61 Å². The molecule has 3 heteroatoms. The molecule has 0 bridgehead atoms. The summed E-state index contributed by atoms with van der Waals surface area (Å²) in [5.74, 6) is 0.659. The summed E-state index contributed by atoms with van der Waals surface area (Å²) in [6, 6.07) is 16.6. The van der Waals surface area contributed by atoms with E-state index in [2.05, 4.69) is 37.4 Å². The number of hydrogen-bond donors (Lipinski definition) is 1. The molecule has 1 aliphatic rings. The average Bonchev–Trinajstić information content (AvgIpc) is 2.94. The van der Waals surface area contributed by atoms with Gasteiger partial charge in [-0.3, -0.25) is 0 Å². The number of carbonyl (C=O) groups excluding carboxylic acids is 1. The fraction of sp³-hybridized carbons (Fsp3) is 0.381. The normalized spacial score (nSPS) is 16.0. The Labute approximate surface area is 144 Å². The molecule has 0 heterocycles. The van der Waals surface area contributed by atoms with Crippen LogP contribution in [-0.4, -0.2) is 12.1 Å². The van der Waals surface area contributed by atoms with Gasteiger partial charge in [0.2, 0.25) is 0 Å². The van der Waals surface area contributed by atoms with E-state index in [-0.39, 0.29) is 12.1 Å². The first kappa shape index (κ1) is 16.6. The summed E-state index contributed by atoms with van der Waals surface area (Å²) >= 11 is 0. The van der Waals surface area contributed by atoms with Crippen molar-refractivity contribution in [3.63, 3.8) is 0 Å². The molecule has 1 N–H and O–H groups in total. The summed E-state index contributed by atoms with van der Waals surface area (Å²) in [6.07, 6.45) is 2.54. The van der Waals surface area contributed by atoms with E-state index in [0.717, 1.165) is 24.8 Å². The third-order valence-electron chi connectivity index (χ3n) is 4.38. The molecule has 0 aliphatic heterocycles. The lowest BCUT2D eigenvalue weighted by molar-refractivity contribution is 0.136. The Bertz CT molecular complexity index is 694. The van der Waals surface area contributed by atoms with Gasteiger partial charge in [-0.05, 0) is 47.4 Å². The Balaban J connectivity index is 1.51. The van der Waals surface area contributed by atoms with Crippen LogP contribution in [0.3, 0.4) is 0 Å². The maximum atomic E-state index is 12.0. The zero-order valence-corrected chi connectivity index (χ0v) is 14.4. The molecule has 0 saturated carbocycles. The lowest BCUT2D eigenvalue weighted by Gasteiger charge is -2.12. The molecular weight excluding hydrogens is 298 g/mol. The molecule has 0 aromatic heterocycles. The van der Waals surface area contributed by atoms with Crippen LogP contribution in [0.4, 0.5) is 4.79 Å². The Morgan fingerprint density at radius 1 is 1.08 bits per heavy atom. The van der Waals surface area contributed by atoms with Crippen LogP contribution in [0.5, 0.6) is 0 Å². The van der Waals surface area contributed by atoms with E-state index in [0.29, 0.717) is 12.5 Å². The SMILES string of the molecule is CC(C)Cc1ccc2c(c1)CC(NC(=O)OCc1ccccc1)C2.